The molecule has 3 aromatic rings. The number of hydrogen-bond acceptors (Lipinski definition) is 1. The molecule has 0 unspecified atom stereocenters. The Morgan fingerprint density at radius 2 is 1.80 bits per heavy atom. The molecule has 0 atom stereocenters. The highest BCUT2D eigenvalue weighted by molar-refractivity contribution is 5.93. The largest absolute Gasteiger partial charge is 0.287 e. The normalized spacial score (nSPS) is 11.5. The van der Waals surface area contributed by atoms with E-state index in [0.29, 0.717) is 11.5 Å². The zero-order valence-corrected chi connectivity index (χ0v) is 15.7. The third-order valence-corrected chi connectivity index (χ3v) is 5.22. The molecule has 130 valence electrons. The molecular weight excluding hydrogens is 311 g/mol. The lowest BCUT2D eigenvalue weighted by Crippen LogP contribution is -2.32. The zero-order valence-electron chi connectivity index (χ0n) is 15.7. The van der Waals surface area contributed by atoms with Gasteiger partial charge in [-0.1, -0.05) is 26.0 Å². The molecule has 1 aromatic heterocycles. The van der Waals surface area contributed by atoms with Crippen molar-refractivity contribution in [2.45, 2.75) is 46.5 Å². The second-order valence-corrected chi connectivity index (χ2v) is 6.88. The van der Waals surface area contributed by atoms with Gasteiger partial charge in [0.25, 0.3) is 6.33 Å². The summed E-state index contributed by atoms with van der Waals surface area (Å²) in [6.45, 7) is 8.24. The van der Waals surface area contributed by atoms with Crippen molar-refractivity contribution < 1.29 is 8.96 Å². The highest BCUT2D eigenvalue weighted by atomic mass is 19.1. The summed E-state index contributed by atoms with van der Waals surface area (Å²) in [5, 5.41) is 1.13. The zero-order chi connectivity index (χ0) is 18.1. The van der Waals surface area contributed by atoms with E-state index >= 15 is 0 Å². The van der Waals surface area contributed by atoms with Gasteiger partial charge >= 0.3 is 0 Å². The summed E-state index contributed by atoms with van der Waals surface area (Å²) < 4.78 is 16.0. The van der Waals surface area contributed by atoms with Crippen LogP contribution in [0.5, 0.6) is 0 Å². The van der Waals surface area contributed by atoms with Gasteiger partial charge in [-0.3, -0.25) is 0 Å². The van der Waals surface area contributed by atoms with Crippen molar-refractivity contribution in [2.24, 2.45) is 7.05 Å². The Balaban J connectivity index is 2.35. The minimum absolute atomic E-state index is 0.153. The van der Waals surface area contributed by atoms with Crippen molar-refractivity contribution >= 4 is 10.9 Å². The lowest BCUT2D eigenvalue weighted by atomic mass is 9.90. The number of aryl methyl sites for hydroxylation is 3. The van der Waals surface area contributed by atoms with Gasteiger partial charge in [0, 0.05) is 11.1 Å². The smallest absolute Gasteiger partial charge is 0.232 e. The molecule has 0 spiro atoms. The molecule has 0 aliphatic carbocycles. The molecule has 0 aliphatic heterocycles. The first-order valence-electron chi connectivity index (χ1n) is 9.02. The average Bonchev–Trinajstić information content (AvgIpc) is 2.60. The number of para-hydroxylation sites is 1. The number of hydrogen-bond donors (Lipinski definition) is 0. The van der Waals surface area contributed by atoms with E-state index in [0.717, 1.165) is 40.6 Å². The Hall–Kier alpha value is -2.29. The van der Waals surface area contributed by atoms with Gasteiger partial charge in [-0.15, -0.1) is 0 Å². The van der Waals surface area contributed by atoms with Crippen LogP contribution in [0.15, 0.2) is 36.7 Å². The van der Waals surface area contributed by atoms with Gasteiger partial charge in [-0.2, -0.15) is 0 Å². The Labute approximate surface area is 149 Å². The summed E-state index contributed by atoms with van der Waals surface area (Å²) in [6.07, 6.45) is 4.08. The van der Waals surface area contributed by atoms with E-state index < -0.39 is 0 Å². The van der Waals surface area contributed by atoms with Crippen LogP contribution in [0, 0.1) is 19.7 Å². The molecule has 0 amide bonds. The predicted octanol–water partition coefficient (Wildman–Crippen LogP) is 5.39. The lowest BCUT2D eigenvalue weighted by Gasteiger charge is -2.15. The van der Waals surface area contributed by atoms with E-state index in [1.54, 1.807) is 6.07 Å². The quantitative estimate of drug-likeness (QED) is 0.584. The van der Waals surface area contributed by atoms with E-state index in [1.165, 1.54) is 5.56 Å². The maximum Gasteiger partial charge on any atom is 0.287 e. The minimum atomic E-state index is -0.153. The van der Waals surface area contributed by atoms with Crippen molar-refractivity contribution in [3.8, 4) is 11.3 Å². The molecule has 25 heavy (non-hydrogen) atoms. The third kappa shape index (κ3) is 3.04. The molecule has 0 fully saturated rings. The van der Waals surface area contributed by atoms with Crippen LogP contribution in [-0.2, 0) is 7.05 Å². The highest BCUT2D eigenvalue weighted by Gasteiger charge is 2.22. The topological polar surface area (TPSA) is 16.8 Å². The van der Waals surface area contributed by atoms with Crippen LogP contribution in [-0.4, -0.2) is 4.98 Å². The molecule has 3 rings (SSSR count). The molecule has 2 nitrogen and oxygen atoms in total. The molecule has 0 aliphatic rings. The lowest BCUT2D eigenvalue weighted by molar-refractivity contribution is -0.662. The van der Waals surface area contributed by atoms with E-state index in [2.05, 4.69) is 32.0 Å². The average molecular weight is 337 g/mol. The van der Waals surface area contributed by atoms with Crippen molar-refractivity contribution in [1.29, 1.82) is 0 Å². The Morgan fingerprint density at radius 3 is 2.48 bits per heavy atom. The molecule has 0 bridgehead atoms. The third-order valence-electron chi connectivity index (χ3n) is 5.22. The predicted molar refractivity (Wildman–Crippen MR) is 101 cm³/mol. The van der Waals surface area contributed by atoms with Gasteiger partial charge in [0.2, 0.25) is 0 Å². The van der Waals surface area contributed by atoms with Crippen LogP contribution in [0.1, 0.15) is 49.3 Å². The van der Waals surface area contributed by atoms with E-state index in [4.69, 9.17) is 4.98 Å². The summed E-state index contributed by atoms with van der Waals surface area (Å²) in [6, 6.07) is 10.0. The molecule has 2 aromatic carbocycles. The Bertz CT molecular complexity index is 927. The summed E-state index contributed by atoms with van der Waals surface area (Å²) in [5.74, 6) is 0.354. The number of halogens is 1. The fourth-order valence-electron chi connectivity index (χ4n) is 3.72. The fraction of sp³-hybridized carbons (Fsp3) is 0.364. The summed E-state index contributed by atoms with van der Waals surface area (Å²) in [7, 11) is 2.00. The van der Waals surface area contributed by atoms with Crippen molar-refractivity contribution in [1.82, 2.24) is 4.98 Å². The molecule has 1 heterocycles. The van der Waals surface area contributed by atoms with E-state index in [9.17, 15) is 4.39 Å². The first-order valence-corrected chi connectivity index (χ1v) is 9.02. The van der Waals surface area contributed by atoms with Crippen LogP contribution in [0.25, 0.3) is 22.2 Å². The Morgan fingerprint density at radius 1 is 1.08 bits per heavy atom. The second-order valence-electron chi connectivity index (χ2n) is 6.88. The standard InChI is InChI=1S/C22H26FN2/c1-6-16(7-2)17-9-8-10-18-21(17)24-13-25(5)22(18)19-11-15(4)20(23)12-14(19)3/h8-13,16H,6-7H2,1-5H3/q+1. The van der Waals surface area contributed by atoms with Crippen molar-refractivity contribution in [2.75, 3.05) is 0 Å². The molecule has 0 radical (unpaired) electrons. The van der Waals surface area contributed by atoms with Crippen LogP contribution in [0.4, 0.5) is 4.39 Å². The first-order chi connectivity index (χ1) is 12.0. The number of fused-ring (bicyclic) bond motifs is 1. The number of rotatable bonds is 4. The van der Waals surface area contributed by atoms with Crippen LogP contribution < -0.4 is 4.57 Å². The number of nitrogens with zero attached hydrogens (tertiary/aromatic N) is 2. The number of aromatic nitrogens is 2. The minimum Gasteiger partial charge on any atom is -0.232 e. The van der Waals surface area contributed by atoms with Crippen LogP contribution in [0.2, 0.25) is 0 Å². The van der Waals surface area contributed by atoms with Gasteiger partial charge in [0.1, 0.15) is 11.5 Å². The highest BCUT2D eigenvalue weighted by Crippen LogP contribution is 2.33. The summed E-state index contributed by atoms with van der Waals surface area (Å²) in [5.41, 5.74) is 6.14. The molecule has 0 N–H and O–H groups in total. The van der Waals surface area contributed by atoms with Gasteiger partial charge in [-0.25, -0.2) is 8.96 Å². The van der Waals surface area contributed by atoms with Crippen molar-refractivity contribution in [3.63, 3.8) is 0 Å². The maximum absolute atomic E-state index is 13.9. The van der Waals surface area contributed by atoms with Crippen molar-refractivity contribution in [3.05, 3.63) is 59.2 Å². The maximum atomic E-state index is 13.9. The van der Waals surface area contributed by atoms with Crippen LogP contribution >= 0.6 is 0 Å². The first kappa shape index (κ1) is 17.5. The van der Waals surface area contributed by atoms with Gasteiger partial charge in [-0.05, 0) is 66.9 Å². The van der Waals surface area contributed by atoms with Crippen LogP contribution in [0.3, 0.4) is 0 Å². The summed E-state index contributed by atoms with van der Waals surface area (Å²) >= 11 is 0. The molecule has 3 heteroatoms. The second kappa shape index (κ2) is 6.91. The van der Waals surface area contributed by atoms with Gasteiger partial charge in [0.05, 0.1) is 12.4 Å². The van der Waals surface area contributed by atoms with E-state index in [1.807, 2.05) is 37.9 Å². The molecule has 0 saturated heterocycles. The Kier molecular flexibility index (Phi) is 4.85. The molecular formula is C22H26FN2+. The monoisotopic (exact) mass is 337 g/mol. The molecule has 0 saturated carbocycles. The fourth-order valence-corrected chi connectivity index (χ4v) is 3.72. The van der Waals surface area contributed by atoms with E-state index in [-0.39, 0.29) is 5.82 Å². The van der Waals surface area contributed by atoms with Gasteiger partial charge in [0.15, 0.2) is 5.52 Å². The SMILES string of the molecule is CCC(CC)c1cccc2c(-c3cc(C)c(F)cc3C)[n+](C)cnc12. The number of benzene rings is 2. The van der Waals surface area contributed by atoms with Gasteiger partial charge < -0.3 is 0 Å². The summed E-state index contributed by atoms with van der Waals surface area (Å²) in [4.78, 5) is 4.74.